The molecule has 0 amide bonds. The molecule has 0 aliphatic carbocycles. The normalized spacial score (nSPS) is 11.9. The predicted molar refractivity (Wildman–Crippen MR) is 70.5 cm³/mol. The van der Waals surface area contributed by atoms with Crippen molar-refractivity contribution in [2.75, 3.05) is 11.9 Å². The molecule has 2 aromatic rings. The van der Waals surface area contributed by atoms with E-state index < -0.39 is 4.92 Å². The lowest BCUT2D eigenvalue weighted by Crippen LogP contribution is -2.10. The van der Waals surface area contributed by atoms with Gasteiger partial charge in [-0.2, -0.15) is 5.21 Å². The molecule has 9 heteroatoms. The van der Waals surface area contributed by atoms with Crippen LogP contribution in [0.2, 0.25) is 0 Å². The van der Waals surface area contributed by atoms with Crippen molar-refractivity contribution < 1.29 is 9.66 Å². The Morgan fingerprint density at radius 3 is 2.95 bits per heavy atom. The molecule has 0 aliphatic rings. The third-order valence-electron chi connectivity index (χ3n) is 2.60. The Balaban J connectivity index is 2.31. The molecular weight excluding hydrogens is 264 g/mol. The molecule has 0 fully saturated rings. The standard InChI is InChI=1S/C11H14N6O3/c1-3-20-9-6-4-5-8(10(9)17(18)19)12-7(2)11-13-15-16-14-11/h4-7,12H,3H2,1-2H3,(H,13,14,15,16). The van der Waals surface area contributed by atoms with E-state index in [4.69, 9.17) is 4.74 Å². The van der Waals surface area contributed by atoms with Crippen molar-refractivity contribution in [1.29, 1.82) is 0 Å². The smallest absolute Gasteiger partial charge is 0.333 e. The minimum atomic E-state index is -0.476. The number of benzene rings is 1. The van der Waals surface area contributed by atoms with Gasteiger partial charge < -0.3 is 10.1 Å². The molecule has 1 unspecified atom stereocenters. The lowest BCUT2D eigenvalue weighted by atomic mass is 10.2. The number of para-hydroxylation sites is 1. The highest BCUT2D eigenvalue weighted by Gasteiger charge is 2.23. The second-order valence-electron chi connectivity index (χ2n) is 3.98. The van der Waals surface area contributed by atoms with E-state index in [0.717, 1.165) is 0 Å². The van der Waals surface area contributed by atoms with Gasteiger partial charge in [-0.15, -0.1) is 10.2 Å². The van der Waals surface area contributed by atoms with Gasteiger partial charge in [0.2, 0.25) is 0 Å². The number of hydrogen-bond donors (Lipinski definition) is 2. The average molecular weight is 278 g/mol. The van der Waals surface area contributed by atoms with Crippen LogP contribution in [0.5, 0.6) is 5.75 Å². The van der Waals surface area contributed by atoms with Gasteiger partial charge in [0.1, 0.15) is 5.69 Å². The first-order valence-corrected chi connectivity index (χ1v) is 6.03. The molecular formula is C11H14N6O3. The average Bonchev–Trinajstić information content (AvgIpc) is 2.92. The van der Waals surface area contributed by atoms with Gasteiger partial charge in [-0.05, 0) is 26.0 Å². The molecule has 0 aliphatic heterocycles. The van der Waals surface area contributed by atoms with Crippen LogP contribution >= 0.6 is 0 Å². The molecule has 0 spiro atoms. The Labute approximate surface area is 114 Å². The first kappa shape index (κ1) is 13.7. The monoisotopic (exact) mass is 278 g/mol. The maximum Gasteiger partial charge on any atom is 0.333 e. The molecule has 0 saturated carbocycles. The Morgan fingerprint density at radius 2 is 2.35 bits per heavy atom. The van der Waals surface area contributed by atoms with Crippen LogP contribution in [0.4, 0.5) is 11.4 Å². The first-order chi connectivity index (χ1) is 9.63. The molecule has 2 rings (SSSR count). The van der Waals surface area contributed by atoms with E-state index in [1.807, 2.05) is 0 Å². The summed E-state index contributed by atoms with van der Waals surface area (Å²) in [6.07, 6.45) is 0. The van der Waals surface area contributed by atoms with Crippen LogP contribution in [0.3, 0.4) is 0 Å². The van der Waals surface area contributed by atoms with Crippen LogP contribution in [-0.4, -0.2) is 32.2 Å². The van der Waals surface area contributed by atoms with Gasteiger partial charge in [0.05, 0.1) is 17.6 Å². The molecule has 1 atom stereocenters. The Bertz CT molecular complexity index is 586. The summed E-state index contributed by atoms with van der Waals surface area (Å²) in [5.41, 5.74) is 0.239. The van der Waals surface area contributed by atoms with E-state index >= 15 is 0 Å². The van der Waals surface area contributed by atoms with Crippen molar-refractivity contribution in [3.05, 3.63) is 34.1 Å². The van der Waals surface area contributed by atoms with E-state index in [-0.39, 0.29) is 17.5 Å². The largest absolute Gasteiger partial charge is 0.487 e. The van der Waals surface area contributed by atoms with E-state index in [9.17, 15) is 10.1 Å². The number of tetrazole rings is 1. The zero-order valence-electron chi connectivity index (χ0n) is 11.0. The number of H-pyrrole nitrogens is 1. The Kier molecular flexibility index (Phi) is 4.08. The van der Waals surface area contributed by atoms with E-state index in [0.29, 0.717) is 18.1 Å². The maximum atomic E-state index is 11.2. The molecule has 1 aromatic carbocycles. The highest BCUT2D eigenvalue weighted by atomic mass is 16.6. The van der Waals surface area contributed by atoms with E-state index in [1.54, 1.807) is 32.0 Å². The molecule has 2 N–H and O–H groups in total. The lowest BCUT2D eigenvalue weighted by molar-refractivity contribution is -0.385. The van der Waals surface area contributed by atoms with Crippen molar-refractivity contribution in [2.45, 2.75) is 19.9 Å². The summed E-state index contributed by atoms with van der Waals surface area (Å²) in [7, 11) is 0. The molecule has 1 heterocycles. The number of nitro groups is 1. The zero-order valence-corrected chi connectivity index (χ0v) is 11.0. The van der Waals surface area contributed by atoms with Crippen molar-refractivity contribution in [3.8, 4) is 5.75 Å². The number of nitrogens with one attached hydrogen (secondary N) is 2. The van der Waals surface area contributed by atoms with E-state index in [1.165, 1.54) is 0 Å². The SMILES string of the molecule is CCOc1cccc(NC(C)c2nn[nH]n2)c1[N+](=O)[O-]. The van der Waals surface area contributed by atoms with Crippen molar-refractivity contribution in [2.24, 2.45) is 0 Å². The summed E-state index contributed by atoms with van der Waals surface area (Å²) in [5, 5.41) is 27.7. The summed E-state index contributed by atoms with van der Waals surface area (Å²) < 4.78 is 5.28. The first-order valence-electron chi connectivity index (χ1n) is 6.03. The predicted octanol–water partition coefficient (Wildman–Crippen LogP) is 1.68. The Morgan fingerprint density at radius 1 is 1.55 bits per heavy atom. The van der Waals surface area contributed by atoms with Gasteiger partial charge in [0.15, 0.2) is 11.6 Å². The molecule has 1 aromatic heterocycles. The summed E-state index contributed by atoms with van der Waals surface area (Å²) in [5.74, 6) is 0.643. The highest BCUT2D eigenvalue weighted by molar-refractivity contribution is 5.68. The quantitative estimate of drug-likeness (QED) is 0.609. The third kappa shape index (κ3) is 2.82. The Hall–Kier alpha value is -2.71. The number of ether oxygens (including phenoxy) is 1. The molecule has 0 saturated heterocycles. The van der Waals surface area contributed by atoms with Crippen molar-refractivity contribution in [1.82, 2.24) is 20.6 Å². The van der Waals surface area contributed by atoms with Gasteiger partial charge in [-0.3, -0.25) is 10.1 Å². The number of anilines is 1. The van der Waals surface area contributed by atoms with Crippen molar-refractivity contribution >= 4 is 11.4 Å². The van der Waals surface area contributed by atoms with Crippen LogP contribution in [0.25, 0.3) is 0 Å². The maximum absolute atomic E-state index is 11.2. The summed E-state index contributed by atoms with van der Waals surface area (Å²) in [6, 6.07) is 4.52. The van der Waals surface area contributed by atoms with Gasteiger partial charge in [0.25, 0.3) is 0 Å². The fourth-order valence-corrected chi connectivity index (χ4v) is 1.75. The highest BCUT2D eigenvalue weighted by Crippen LogP contribution is 2.36. The van der Waals surface area contributed by atoms with Crippen LogP contribution in [-0.2, 0) is 0 Å². The number of aromatic nitrogens is 4. The number of nitro benzene ring substituents is 1. The van der Waals surface area contributed by atoms with Gasteiger partial charge in [-0.25, -0.2) is 0 Å². The minimum absolute atomic E-state index is 0.107. The summed E-state index contributed by atoms with van der Waals surface area (Å²) >= 11 is 0. The fraction of sp³-hybridized carbons (Fsp3) is 0.364. The van der Waals surface area contributed by atoms with Crippen molar-refractivity contribution in [3.63, 3.8) is 0 Å². The minimum Gasteiger partial charge on any atom is -0.487 e. The summed E-state index contributed by atoms with van der Waals surface area (Å²) in [4.78, 5) is 10.7. The number of nitrogens with zero attached hydrogens (tertiary/aromatic N) is 4. The molecule has 106 valence electrons. The zero-order chi connectivity index (χ0) is 14.5. The lowest BCUT2D eigenvalue weighted by Gasteiger charge is -2.13. The van der Waals surface area contributed by atoms with Crippen LogP contribution in [0.1, 0.15) is 25.7 Å². The molecule has 20 heavy (non-hydrogen) atoms. The van der Waals surface area contributed by atoms with E-state index in [2.05, 4.69) is 25.9 Å². The topological polar surface area (TPSA) is 119 Å². The van der Waals surface area contributed by atoms with Gasteiger partial charge in [-0.1, -0.05) is 11.3 Å². The van der Waals surface area contributed by atoms with Crippen LogP contribution in [0.15, 0.2) is 18.2 Å². The molecule has 9 nitrogen and oxygen atoms in total. The second kappa shape index (κ2) is 5.95. The molecule has 0 radical (unpaired) electrons. The molecule has 0 bridgehead atoms. The second-order valence-corrected chi connectivity index (χ2v) is 3.98. The number of rotatable bonds is 6. The van der Waals surface area contributed by atoms with Gasteiger partial charge in [0, 0.05) is 0 Å². The van der Waals surface area contributed by atoms with Gasteiger partial charge >= 0.3 is 5.69 Å². The van der Waals surface area contributed by atoms with Crippen LogP contribution < -0.4 is 10.1 Å². The number of hydrogen-bond acceptors (Lipinski definition) is 7. The van der Waals surface area contributed by atoms with Crippen LogP contribution in [0, 0.1) is 10.1 Å². The fourth-order valence-electron chi connectivity index (χ4n) is 1.75. The third-order valence-corrected chi connectivity index (χ3v) is 2.60. The summed E-state index contributed by atoms with van der Waals surface area (Å²) in [6.45, 7) is 3.90. The number of aromatic amines is 1.